The number of benzene rings is 1. The summed E-state index contributed by atoms with van der Waals surface area (Å²) in [6.07, 6.45) is 3.08. The predicted molar refractivity (Wildman–Crippen MR) is 108 cm³/mol. The first kappa shape index (κ1) is 20.2. The van der Waals surface area contributed by atoms with E-state index in [0.29, 0.717) is 19.4 Å². The molecule has 28 heavy (non-hydrogen) atoms. The molecule has 7 heteroatoms. The van der Waals surface area contributed by atoms with Crippen LogP contribution in [0.2, 0.25) is 0 Å². The highest BCUT2D eigenvalue weighted by molar-refractivity contribution is 5.76. The summed E-state index contributed by atoms with van der Waals surface area (Å²) in [5.74, 6) is 1.89. The van der Waals surface area contributed by atoms with Gasteiger partial charge in [0, 0.05) is 38.5 Å². The summed E-state index contributed by atoms with van der Waals surface area (Å²) in [5, 5.41) is 4.48. The third kappa shape index (κ3) is 4.29. The Kier molecular flexibility index (Phi) is 6.21. The molecule has 1 unspecified atom stereocenters. The van der Waals surface area contributed by atoms with Crippen LogP contribution < -0.4 is 10.4 Å². The van der Waals surface area contributed by atoms with E-state index >= 15 is 0 Å². The molecule has 0 N–H and O–H groups in total. The number of hydrogen-bond acceptors (Lipinski definition) is 4. The Morgan fingerprint density at radius 2 is 2.00 bits per heavy atom. The van der Waals surface area contributed by atoms with E-state index in [9.17, 15) is 9.59 Å². The molecule has 152 valence electrons. The number of rotatable bonds is 6. The monoisotopic (exact) mass is 386 g/mol. The molecule has 0 bridgehead atoms. The average Bonchev–Trinajstić information content (AvgIpc) is 3.01. The molecule has 0 spiro atoms. The third-order valence-electron chi connectivity index (χ3n) is 5.42. The normalized spacial score (nSPS) is 17.2. The van der Waals surface area contributed by atoms with Gasteiger partial charge in [-0.1, -0.05) is 12.1 Å². The van der Waals surface area contributed by atoms with Crippen LogP contribution in [0.25, 0.3) is 0 Å². The molecule has 1 aliphatic rings. The van der Waals surface area contributed by atoms with E-state index in [1.807, 2.05) is 43.0 Å². The number of ether oxygens (including phenoxy) is 1. The van der Waals surface area contributed by atoms with E-state index in [4.69, 9.17) is 4.74 Å². The Balaban J connectivity index is 1.65. The van der Waals surface area contributed by atoms with Crippen molar-refractivity contribution >= 4 is 5.91 Å². The first-order valence-corrected chi connectivity index (χ1v) is 9.96. The number of nitrogens with zero attached hydrogens (tertiary/aromatic N) is 4. The number of piperidine rings is 1. The van der Waals surface area contributed by atoms with Crippen LogP contribution in [-0.2, 0) is 18.3 Å². The van der Waals surface area contributed by atoms with Crippen molar-refractivity contribution in [2.75, 3.05) is 20.2 Å². The lowest BCUT2D eigenvalue weighted by atomic mass is 9.96. The largest absolute Gasteiger partial charge is 0.497 e. The minimum atomic E-state index is -0.0899. The minimum Gasteiger partial charge on any atom is -0.497 e. The third-order valence-corrected chi connectivity index (χ3v) is 5.42. The van der Waals surface area contributed by atoms with Crippen molar-refractivity contribution < 1.29 is 9.53 Å². The fourth-order valence-corrected chi connectivity index (χ4v) is 3.88. The Morgan fingerprint density at radius 1 is 1.29 bits per heavy atom. The fourth-order valence-electron chi connectivity index (χ4n) is 3.88. The van der Waals surface area contributed by atoms with Crippen molar-refractivity contribution in [1.82, 2.24) is 19.2 Å². The van der Waals surface area contributed by atoms with Gasteiger partial charge in [-0.15, -0.1) is 0 Å². The number of carbonyl (C=O) groups is 1. The standard InChI is InChI=1S/C21H30N4O3/c1-15(2)25-20(22-23(3)21(25)27)17-6-5-13-24(14-17)19(26)12-9-16-7-10-18(28-4)11-8-16/h7-8,10-11,15,17H,5-6,9,12-14H2,1-4H3. The van der Waals surface area contributed by atoms with Crippen molar-refractivity contribution in [3.05, 3.63) is 46.1 Å². The summed E-state index contributed by atoms with van der Waals surface area (Å²) >= 11 is 0. The van der Waals surface area contributed by atoms with Gasteiger partial charge >= 0.3 is 5.69 Å². The van der Waals surface area contributed by atoms with Crippen LogP contribution in [0, 0.1) is 0 Å². The highest BCUT2D eigenvalue weighted by Gasteiger charge is 2.29. The zero-order valence-corrected chi connectivity index (χ0v) is 17.2. The minimum absolute atomic E-state index is 0.0531. The number of likely N-dealkylation sites (tertiary alicyclic amines) is 1. The van der Waals surface area contributed by atoms with Gasteiger partial charge in [-0.2, -0.15) is 5.10 Å². The molecular formula is C21H30N4O3. The Bertz CT molecular complexity index is 867. The fraction of sp³-hybridized carbons (Fsp3) is 0.571. The van der Waals surface area contributed by atoms with Crippen LogP contribution in [0.4, 0.5) is 0 Å². The van der Waals surface area contributed by atoms with Gasteiger partial charge in [-0.3, -0.25) is 9.36 Å². The molecule has 7 nitrogen and oxygen atoms in total. The lowest BCUT2D eigenvalue weighted by Crippen LogP contribution is -2.40. The van der Waals surface area contributed by atoms with Crippen LogP contribution in [0.1, 0.15) is 56.5 Å². The smallest absolute Gasteiger partial charge is 0.345 e. The van der Waals surface area contributed by atoms with Gasteiger partial charge in [-0.05, 0) is 50.8 Å². The maximum atomic E-state index is 12.8. The maximum Gasteiger partial charge on any atom is 0.345 e. The van der Waals surface area contributed by atoms with Gasteiger partial charge in [-0.25, -0.2) is 9.48 Å². The quantitative estimate of drug-likeness (QED) is 0.765. The molecule has 3 rings (SSSR count). The van der Waals surface area contributed by atoms with E-state index in [0.717, 1.165) is 36.5 Å². The Hall–Kier alpha value is -2.57. The SMILES string of the molecule is COc1ccc(CCC(=O)N2CCCC(c3nn(C)c(=O)n3C(C)C)C2)cc1. The Labute approximate surface area is 165 Å². The van der Waals surface area contributed by atoms with Crippen molar-refractivity contribution in [3.63, 3.8) is 0 Å². The van der Waals surface area contributed by atoms with Crippen molar-refractivity contribution in [2.24, 2.45) is 7.05 Å². The van der Waals surface area contributed by atoms with Gasteiger partial charge in [0.1, 0.15) is 11.6 Å². The van der Waals surface area contributed by atoms with Crippen molar-refractivity contribution in [1.29, 1.82) is 0 Å². The molecule has 1 atom stereocenters. The zero-order valence-electron chi connectivity index (χ0n) is 17.2. The van der Waals surface area contributed by atoms with Gasteiger partial charge < -0.3 is 9.64 Å². The topological polar surface area (TPSA) is 69.4 Å². The molecule has 1 fully saturated rings. The molecule has 2 heterocycles. The van der Waals surface area contributed by atoms with Crippen LogP contribution in [-0.4, -0.2) is 45.4 Å². The summed E-state index contributed by atoms with van der Waals surface area (Å²) in [6, 6.07) is 7.89. The number of aromatic nitrogens is 3. The molecule has 1 saturated heterocycles. The summed E-state index contributed by atoms with van der Waals surface area (Å²) in [5.41, 5.74) is 1.04. The van der Waals surface area contributed by atoms with E-state index in [-0.39, 0.29) is 23.6 Å². The van der Waals surface area contributed by atoms with Crippen molar-refractivity contribution in [3.8, 4) is 5.75 Å². The van der Waals surface area contributed by atoms with E-state index in [2.05, 4.69) is 5.10 Å². The van der Waals surface area contributed by atoms with E-state index in [1.54, 1.807) is 18.7 Å². The number of amides is 1. The van der Waals surface area contributed by atoms with Gasteiger partial charge in [0.2, 0.25) is 5.91 Å². The molecule has 0 aliphatic carbocycles. The second-order valence-electron chi connectivity index (χ2n) is 7.76. The number of hydrogen-bond donors (Lipinski definition) is 0. The first-order chi connectivity index (χ1) is 13.4. The number of aryl methyl sites for hydroxylation is 2. The molecule has 1 aromatic heterocycles. The van der Waals surface area contributed by atoms with Crippen molar-refractivity contribution in [2.45, 2.75) is 51.5 Å². The molecule has 2 aromatic rings. The van der Waals surface area contributed by atoms with E-state index < -0.39 is 0 Å². The second-order valence-corrected chi connectivity index (χ2v) is 7.76. The second kappa shape index (κ2) is 8.63. The molecular weight excluding hydrogens is 356 g/mol. The zero-order chi connectivity index (χ0) is 20.3. The van der Waals surface area contributed by atoms with Crippen LogP contribution >= 0.6 is 0 Å². The number of methoxy groups -OCH3 is 1. The average molecular weight is 386 g/mol. The van der Waals surface area contributed by atoms with Crippen LogP contribution in [0.5, 0.6) is 5.75 Å². The maximum absolute atomic E-state index is 12.8. The summed E-state index contributed by atoms with van der Waals surface area (Å²) in [4.78, 5) is 27.1. The van der Waals surface area contributed by atoms with Gasteiger partial charge in [0.25, 0.3) is 0 Å². The highest BCUT2D eigenvalue weighted by atomic mass is 16.5. The lowest BCUT2D eigenvalue weighted by Gasteiger charge is -2.32. The number of carbonyl (C=O) groups excluding carboxylic acids is 1. The van der Waals surface area contributed by atoms with Gasteiger partial charge in [0.05, 0.1) is 7.11 Å². The molecule has 1 aliphatic heterocycles. The first-order valence-electron chi connectivity index (χ1n) is 9.96. The lowest BCUT2D eigenvalue weighted by molar-refractivity contribution is -0.132. The van der Waals surface area contributed by atoms with Crippen LogP contribution in [0.3, 0.4) is 0 Å². The van der Waals surface area contributed by atoms with Crippen LogP contribution in [0.15, 0.2) is 29.1 Å². The highest BCUT2D eigenvalue weighted by Crippen LogP contribution is 2.27. The van der Waals surface area contributed by atoms with Gasteiger partial charge in [0.15, 0.2) is 0 Å². The molecule has 1 amide bonds. The van der Waals surface area contributed by atoms with E-state index in [1.165, 1.54) is 4.68 Å². The molecule has 0 saturated carbocycles. The summed E-state index contributed by atoms with van der Waals surface area (Å²) in [6.45, 7) is 5.39. The predicted octanol–water partition coefficient (Wildman–Crippen LogP) is 2.51. The molecule has 1 aromatic carbocycles. The summed E-state index contributed by atoms with van der Waals surface area (Å²) < 4.78 is 8.34. The Morgan fingerprint density at radius 3 is 2.64 bits per heavy atom. The summed E-state index contributed by atoms with van der Waals surface area (Å²) in [7, 11) is 3.33. The molecule has 0 radical (unpaired) electrons.